The fourth-order valence-electron chi connectivity index (χ4n) is 1.93. The first-order valence-corrected chi connectivity index (χ1v) is 5.64. The number of aromatic amines is 2. The highest BCUT2D eigenvalue weighted by atomic mass is 16.4. The summed E-state index contributed by atoms with van der Waals surface area (Å²) >= 11 is 0. The van der Waals surface area contributed by atoms with E-state index in [1.807, 2.05) is 13.8 Å². The van der Waals surface area contributed by atoms with Crippen LogP contribution in [0.1, 0.15) is 19.4 Å². The molecule has 0 bridgehead atoms. The van der Waals surface area contributed by atoms with E-state index in [0.29, 0.717) is 11.0 Å². The van der Waals surface area contributed by atoms with Crippen molar-refractivity contribution >= 4 is 22.6 Å². The summed E-state index contributed by atoms with van der Waals surface area (Å²) in [5.41, 5.74) is 2.65. The predicted molar refractivity (Wildman–Crippen MR) is 69.4 cm³/mol. The van der Waals surface area contributed by atoms with Gasteiger partial charge in [-0.1, -0.05) is 19.9 Å². The van der Waals surface area contributed by atoms with Crippen molar-refractivity contribution in [2.75, 3.05) is 0 Å². The Morgan fingerprint density at radius 3 is 2.56 bits per heavy atom. The van der Waals surface area contributed by atoms with E-state index in [1.165, 1.54) is 6.08 Å². The molecule has 0 fully saturated rings. The summed E-state index contributed by atoms with van der Waals surface area (Å²) < 4.78 is 0. The summed E-state index contributed by atoms with van der Waals surface area (Å²) in [6, 6.07) is 5.35. The van der Waals surface area contributed by atoms with E-state index in [-0.39, 0.29) is 11.6 Å². The van der Waals surface area contributed by atoms with E-state index >= 15 is 0 Å². The van der Waals surface area contributed by atoms with Crippen LogP contribution in [0.5, 0.6) is 0 Å². The lowest BCUT2D eigenvalue weighted by Crippen LogP contribution is -1.99. The van der Waals surface area contributed by atoms with Gasteiger partial charge < -0.3 is 15.1 Å². The minimum Gasteiger partial charge on any atom is -0.478 e. The highest BCUT2D eigenvalue weighted by molar-refractivity contribution is 5.92. The molecule has 0 aliphatic rings. The van der Waals surface area contributed by atoms with Crippen LogP contribution in [-0.4, -0.2) is 21.0 Å². The maximum atomic E-state index is 11.2. The second kappa shape index (κ2) is 4.52. The molecule has 0 radical (unpaired) electrons. The van der Waals surface area contributed by atoms with Crippen LogP contribution < -0.4 is 5.69 Å². The van der Waals surface area contributed by atoms with Crippen molar-refractivity contribution < 1.29 is 9.90 Å². The number of aliphatic carboxylic acids is 1. The van der Waals surface area contributed by atoms with Gasteiger partial charge in [-0.3, -0.25) is 0 Å². The molecule has 0 saturated carbocycles. The Labute approximate surface area is 103 Å². The van der Waals surface area contributed by atoms with Crippen LogP contribution in [0.2, 0.25) is 0 Å². The lowest BCUT2D eigenvalue weighted by molar-refractivity contribution is -0.131. The van der Waals surface area contributed by atoms with Gasteiger partial charge in [0.25, 0.3) is 0 Å². The van der Waals surface area contributed by atoms with Gasteiger partial charge in [-0.25, -0.2) is 9.59 Å². The van der Waals surface area contributed by atoms with Gasteiger partial charge in [-0.05, 0) is 29.2 Å². The van der Waals surface area contributed by atoms with Crippen molar-refractivity contribution in [3.63, 3.8) is 0 Å². The summed E-state index contributed by atoms with van der Waals surface area (Å²) in [5, 5.41) is 8.87. The van der Waals surface area contributed by atoms with Crippen LogP contribution >= 0.6 is 0 Å². The van der Waals surface area contributed by atoms with Gasteiger partial charge in [0, 0.05) is 6.08 Å². The zero-order chi connectivity index (χ0) is 13.3. The maximum absolute atomic E-state index is 11.2. The molecule has 2 aromatic rings. The van der Waals surface area contributed by atoms with Crippen molar-refractivity contribution in [3.05, 3.63) is 40.3 Å². The fourth-order valence-corrected chi connectivity index (χ4v) is 1.93. The summed E-state index contributed by atoms with van der Waals surface area (Å²) in [6.07, 6.45) is 1.20. The molecule has 18 heavy (non-hydrogen) atoms. The monoisotopic (exact) mass is 246 g/mol. The molecule has 0 spiro atoms. The van der Waals surface area contributed by atoms with Crippen molar-refractivity contribution in [1.82, 2.24) is 9.97 Å². The van der Waals surface area contributed by atoms with Crippen LogP contribution in [0.4, 0.5) is 0 Å². The quantitative estimate of drug-likeness (QED) is 0.724. The number of hydrogen-bond acceptors (Lipinski definition) is 2. The van der Waals surface area contributed by atoms with Crippen LogP contribution in [0.15, 0.2) is 29.1 Å². The molecule has 5 nitrogen and oxygen atoms in total. The number of benzene rings is 1. The number of H-pyrrole nitrogens is 2. The molecule has 1 aromatic carbocycles. The Hall–Kier alpha value is -2.30. The third-order valence-corrected chi connectivity index (χ3v) is 2.75. The number of imidazole rings is 1. The molecule has 0 aliphatic carbocycles. The summed E-state index contributed by atoms with van der Waals surface area (Å²) in [6.45, 7) is 3.86. The van der Waals surface area contributed by atoms with Gasteiger partial charge in [-0.15, -0.1) is 0 Å². The zero-order valence-electron chi connectivity index (χ0n) is 10.2. The zero-order valence-corrected chi connectivity index (χ0v) is 10.2. The molecule has 0 amide bonds. The summed E-state index contributed by atoms with van der Waals surface area (Å²) in [7, 11) is 0. The highest BCUT2D eigenvalue weighted by Crippen LogP contribution is 2.24. The van der Waals surface area contributed by atoms with Crippen LogP contribution in [0.3, 0.4) is 0 Å². The minimum absolute atomic E-state index is 0.0872. The molecule has 0 unspecified atom stereocenters. The second-order valence-electron chi connectivity index (χ2n) is 4.43. The third-order valence-electron chi connectivity index (χ3n) is 2.75. The number of carbonyl (C=O) groups is 1. The molecule has 1 heterocycles. The Bertz CT molecular complexity index is 677. The third kappa shape index (κ3) is 2.34. The smallest absolute Gasteiger partial charge is 0.328 e. The van der Waals surface area contributed by atoms with Gasteiger partial charge >= 0.3 is 11.7 Å². The molecule has 3 N–H and O–H groups in total. The minimum atomic E-state index is -0.971. The van der Waals surface area contributed by atoms with Crippen molar-refractivity contribution in [2.24, 2.45) is 5.92 Å². The van der Waals surface area contributed by atoms with E-state index in [9.17, 15) is 9.59 Å². The van der Waals surface area contributed by atoms with E-state index in [4.69, 9.17) is 5.11 Å². The van der Waals surface area contributed by atoms with Gasteiger partial charge in [0.05, 0.1) is 11.0 Å². The lowest BCUT2D eigenvalue weighted by Gasteiger charge is -2.10. The number of carboxylic acids is 1. The number of fused-ring (bicyclic) bond motifs is 1. The topological polar surface area (TPSA) is 85.9 Å². The maximum Gasteiger partial charge on any atom is 0.328 e. The molecular formula is C13H14N2O3. The molecule has 2 rings (SSSR count). The van der Waals surface area contributed by atoms with Crippen molar-refractivity contribution in [3.8, 4) is 0 Å². The van der Waals surface area contributed by atoms with E-state index in [1.54, 1.807) is 18.2 Å². The lowest BCUT2D eigenvalue weighted by atomic mass is 9.94. The molecular weight excluding hydrogens is 232 g/mol. The number of nitrogens with one attached hydrogen (secondary N) is 2. The predicted octanol–water partition coefficient (Wildman–Crippen LogP) is 1.98. The van der Waals surface area contributed by atoms with Gasteiger partial charge in [-0.2, -0.15) is 0 Å². The SMILES string of the molecule is CC(C)/C(=C\C(=O)O)c1ccc2[nH]c(=O)[nH]c2c1. The van der Waals surface area contributed by atoms with E-state index in [2.05, 4.69) is 9.97 Å². The first-order chi connectivity index (χ1) is 8.47. The molecule has 5 heteroatoms. The van der Waals surface area contributed by atoms with Crippen LogP contribution in [0.25, 0.3) is 16.6 Å². The fraction of sp³-hybridized carbons (Fsp3) is 0.231. The standard InChI is InChI=1S/C13H14N2O3/c1-7(2)9(6-12(16)17)8-3-4-10-11(5-8)15-13(18)14-10/h3-7H,1-2H3,(H,16,17)(H2,14,15,18)/b9-6+. The van der Waals surface area contributed by atoms with Crippen LogP contribution in [-0.2, 0) is 4.79 Å². The van der Waals surface area contributed by atoms with E-state index < -0.39 is 5.97 Å². The largest absolute Gasteiger partial charge is 0.478 e. The molecule has 94 valence electrons. The van der Waals surface area contributed by atoms with Crippen LogP contribution in [0, 0.1) is 5.92 Å². The molecule has 0 atom stereocenters. The van der Waals surface area contributed by atoms with Gasteiger partial charge in [0.15, 0.2) is 0 Å². The normalized spacial score (nSPS) is 12.3. The number of hydrogen-bond donors (Lipinski definition) is 3. The average Bonchev–Trinajstić information content (AvgIpc) is 2.64. The molecule has 0 saturated heterocycles. The van der Waals surface area contributed by atoms with Crippen molar-refractivity contribution in [1.29, 1.82) is 0 Å². The molecule has 0 aliphatic heterocycles. The molecule has 1 aromatic heterocycles. The van der Waals surface area contributed by atoms with Crippen molar-refractivity contribution in [2.45, 2.75) is 13.8 Å². The van der Waals surface area contributed by atoms with E-state index in [0.717, 1.165) is 11.1 Å². The van der Waals surface area contributed by atoms with Gasteiger partial charge in [0.1, 0.15) is 0 Å². The number of carboxylic acid groups (broad SMARTS) is 1. The number of allylic oxidation sites excluding steroid dienone is 1. The number of aromatic nitrogens is 2. The Morgan fingerprint density at radius 1 is 1.28 bits per heavy atom. The summed E-state index contributed by atoms with van der Waals surface area (Å²) in [4.78, 5) is 27.3. The Balaban J connectivity index is 2.57. The number of rotatable bonds is 3. The highest BCUT2D eigenvalue weighted by Gasteiger charge is 2.10. The second-order valence-corrected chi connectivity index (χ2v) is 4.43. The van der Waals surface area contributed by atoms with Gasteiger partial charge in [0.2, 0.25) is 0 Å². The Morgan fingerprint density at radius 2 is 1.94 bits per heavy atom. The Kier molecular flexibility index (Phi) is 3.06. The first-order valence-electron chi connectivity index (χ1n) is 5.64. The first kappa shape index (κ1) is 12.2. The summed E-state index contributed by atoms with van der Waals surface area (Å²) in [5.74, 6) is -0.884. The average molecular weight is 246 g/mol.